The number of nitriles is 1. The van der Waals surface area contributed by atoms with E-state index in [1.165, 1.54) is 0 Å². The van der Waals surface area contributed by atoms with E-state index in [1.54, 1.807) is 24.3 Å². The van der Waals surface area contributed by atoms with E-state index in [-0.39, 0.29) is 23.0 Å². The molecular formula is C28H22N2O5. The van der Waals surface area contributed by atoms with Crippen LogP contribution in [0.4, 0.5) is 0 Å². The van der Waals surface area contributed by atoms with Crippen LogP contribution in [0.1, 0.15) is 40.1 Å². The third kappa shape index (κ3) is 3.85. The molecule has 1 unspecified atom stereocenters. The van der Waals surface area contributed by atoms with Crippen molar-refractivity contribution in [2.75, 3.05) is 6.61 Å². The minimum absolute atomic E-state index is 0.00657. The highest BCUT2D eigenvalue weighted by atomic mass is 16.5. The average molecular weight is 466 g/mol. The molecule has 7 heteroatoms. The Bertz CT molecular complexity index is 1530. The van der Waals surface area contributed by atoms with Gasteiger partial charge in [-0.1, -0.05) is 42.5 Å². The van der Waals surface area contributed by atoms with Crippen LogP contribution >= 0.6 is 0 Å². The second-order valence-corrected chi connectivity index (χ2v) is 8.04. The molecule has 0 saturated heterocycles. The topological polar surface area (TPSA) is 108 Å². The number of carbonyl (C=O) groups is 1. The Hall–Kier alpha value is -4.70. The Labute approximate surface area is 201 Å². The van der Waals surface area contributed by atoms with Crippen molar-refractivity contribution in [3.63, 3.8) is 0 Å². The van der Waals surface area contributed by atoms with Gasteiger partial charge >= 0.3 is 5.97 Å². The molecule has 4 aromatic rings. The molecule has 1 aliphatic rings. The van der Waals surface area contributed by atoms with Gasteiger partial charge in [-0.3, -0.25) is 0 Å². The van der Waals surface area contributed by atoms with Crippen LogP contribution in [0.25, 0.3) is 11.0 Å². The third-order valence-electron chi connectivity index (χ3n) is 5.96. The Balaban J connectivity index is 1.51. The molecule has 0 aliphatic carbocycles. The fourth-order valence-corrected chi connectivity index (χ4v) is 4.35. The number of hydrogen-bond donors (Lipinski definition) is 1. The quantitative estimate of drug-likeness (QED) is 0.302. The van der Waals surface area contributed by atoms with Crippen molar-refractivity contribution < 1.29 is 23.4 Å². The van der Waals surface area contributed by atoms with E-state index in [9.17, 15) is 10.1 Å². The summed E-state index contributed by atoms with van der Waals surface area (Å²) >= 11 is 0. The van der Waals surface area contributed by atoms with E-state index in [2.05, 4.69) is 6.07 Å². The number of para-hydroxylation sites is 2. The molecule has 3 aromatic carbocycles. The van der Waals surface area contributed by atoms with Gasteiger partial charge in [0, 0.05) is 28.1 Å². The van der Waals surface area contributed by atoms with Crippen molar-refractivity contribution in [2.24, 2.45) is 5.73 Å². The monoisotopic (exact) mass is 466 g/mol. The fraction of sp³-hybridized carbons (Fsp3) is 0.143. The first-order valence-corrected chi connectivity index (χ1v) is 11.1. The number of allylic oxidation sites excluding steroid dienone is 1. The maximum absolute atomic E-state index is 12.9. The standard InChI is InChI=1S/C28H22N2O5/c1-3-32-22-10-6-5-9-19(22)25-20-13-12-17(14-24(20)35-27(30)21(25)15-29)33-28(31)26-16(2)18-8-4-7-11-23(18)34-26/h4-14,25H,3,30H2,1-2H3. The summed E-state index contributed by atoms with van der Waals surface area (Å²) < 4.78 is 22.9. The zero-order chi connectivity index (χ0) is 24.5. The zero-order valence-electron chi connectivity index (χ0n) is 19.2. The smallest absolute Gasteiger partial charge is 0.379 e. The number of aryl methyl sites for hydroxylation is 1. The first-order chi connectivity index (χ1) is 17.0. The van der Waals surface area contributed by atoms with E-state index in [1.807, 2.05) is 56.3 Å². The van der Waals surface area contributed by atoms with Crippen molar-refractivity contribution in [3.8, 4) is 23.3 Å². The van der Waals surface area contributed by atoms with E-state index in [0.717, 1.165) is 10.9 Å². The molecule has 1 atom stereocenters. The largest absolute Gasteiger partial charge is 0.494 e. The molecule has 2 heterocycles. The number of benzene rings is 3. The summed E-state index contributed by atoms with van der Waals surface area (Å²) in [5, 5.41) is 10.7. The normalized spacial score (nSPS) is 14.7. The molecule has 5 rings (SSSR count). The predicted molar refractivity (Wildman–Crippen MR) is 129 cm³/mol. The highest BCUT2D eigenvalue weighted by Crippen LogP contribution is 2.46. The highest BCUT2D eigenvalue weighted by Gasteiger charge is 2.33. The molecule has 0 fully saturated rings. The second kappa shape index (κ2) is 8.92. The maximum Gasteiger partial charge on any atom is 0.379 e. The van der Waals surface area contributed by atoms with Crippen LogP contribution in [0.2, 0.25) is 0 Å². The molecule has 0 radical (unpaired) electrons. The lowest BCUT2D eigenvalue weighted by Gasteiger charge is -2.27. The van der Waals surface area contributed by atoms with E-state index in [0.29, 0.717) is 34.8 Å². The molecular weight excluding hydrogens is 444 g/mol. The Morgan fingerprint density at radius 2 is 1.86 bits per heavy atom. The summed E-state index contributed by atoms with van der Waals surface area (Å²) in [5.74, 6) is 0.336. The Morgan fingerprint density at radius 1 is 1.09 bits per heavy atom. The number of carbonyl (C=O) groups excluding carboxylic acids is 1. The van der Waals surface area contributed by atoms with Crippen molar-refractivity contribution >= 4 is 16.9 Å². The van der Waals surface area contributed by atoms with Gasteiger partial charge in [0.2, 0.25) is 11.6 Å². The van der Waals surface area contributed by atoms with E-state index < -0.39 is 11.9 Å². The van der Waals surface area contributed by atoms with Gasteiger partial charge in [0.25, 0.3) is 0 Å². The van der Waals surface area contributed by atoms with Gasteiger partial charge in [0.15, 0.2) is 0 Å². The molecule has 35 heavy (non-hydrogen) atoms. The summed E-state index contributed by atoms with van der Waals surface area (Å²) in [7, 11) is 0. The number of nitrogens with two attached hydrogens (primary N) is 1. The van der Waals surface area contributed by atoms with Crippen LogP contribution in [-0.2, 0) is 0 Å². The van der Waals surface area contributed by atoms with Crippen molar-refractivity contribution in [3.05, 3.63) is 101 Å². The zero-order valence-corrected chi connectivity index (χ0v) is 19.2. The van der Waals surface area contributed by atoms with Crippen LogP contribution in [0.3, 0.4) is 0 Å². The first kappa shape index (κ1) is 22.1. The van der Waals surface area contributed by atoms with E-state index >= 15 is 0 Å². The van der Waals surface area contributed by atoms with Gasteiger partial charge in [0.1, 0.15) is 34.5 Å². The first-order valence-electron chi connectivity index (χ1n) is 11.1. The number of ether oxygens (including phenoxy) is 3. The number of furan rings is 1. The molecule has 2 N–H and O–H groups in total. The van der Waals surface area contributed by atoms with Crippen LogP contribution < -0.4 is 19.9 Å². The lowest BCUT2D eigenvalue weighted by atomic mass is 9.83. The summed E-state index contributed by atoms with van der Waals surface area (Å²) in [6, 6.07) is 22.1. The number of esters is 1. The number of fused-ring (bicyclic) bond motifs is 2. The van der Waals surface area contributed by atoms with Gasteiger partial charge < -0.3 is 24.4 Å². The van der Waals surface area contributed by atoms with Crippen LogP contribution in [0.15, 0.2) is 82.6 Å². The highest BCUT2D eigenvalue weighted by molar-refractivity contribution is 5.96. The predicted octanol–water partition coefficient (Wildman–Crippen LogP) is 5.58. The average Bonchev–Trinajstić information content (AvgIpc) is 3.20. The Morgan fingerprint density at radius 3 is 2.63 bits per heavy atom. The van der Waals surface area contributed by atoms with Crippen molar-refractivity contribution in [1.82, 2.24) is 0 Å². The number of nitrogens with zero attached hydrogens (tertiary/aromatic N) is 1. The molecule has 1 aromatic heterocycles. The van der Waals surface area contributed by atoms with E-state index in [4.69, 9.17) is 24.4 Å². The van der Waals surface area contributed by atoms with Crippen LogP contribution in [-0.4, -0.2) is 12.6 Å². The summed E-state index contributed by atoms with van der Waals surface area (Å²) in [6.45, 7) is 4.19. The number of hydrogen-bond acceptors (Lipinski definition) is 7. The van der Waals surface area contributed by atoms with Gasteiger partial charge in [0.05, 0.1) is 12.5 Å². The third-order valence-corrected chi connectivity index (χ3v) is 5.96. The SMILES string of the molecule is CCOc1ccccc1C1C(C#N)=C(N)Oc2cc(OC(=O)c3oc4ccccc4c3C)ccc21. The Kier molecular flexibility index (Phi) is 5.63. The van der Waals surface area contributed by atoms with Gasteiger partial charge in [-0.05, 0) is 32.0 Å². The molecule has 0 bridgehead atoms. The minimum Gasteiger partial charge on any atom is -0.494 e. The molecule has 0 amide bonds. The molecule has 7 nitrogen and oxygen atoms in total. The molecule has 0 spiro atoms. The van der Waals surface area contributed by atoms with Crippen LogP contribution in [0, 0.1) is 18.3 Å². The van der Waals surface area contributed by atoms with Crippen molar-refractivity contribution in [2.45, 2.75) is 19.8 Å². The fourth-order valence-electron chi connectivity index (χ4n) is 4.35. The molecule has 0 saturated carbocycles. The lowest BCUT2D eigenvalue weighted by molar-refractivity contribution is 0.0702. The molecule has 174 valence electrons. The van der Waals surface area contributed by atoms with Crippen molar-refractivity contribution in [1.29, 1.82) is 5.26 Å². The van der Waals surface area contributed by atoms with Gasteiger partial charge in [-0.25, -0.2) is 4.79 Å². The maximum atomic E-state index is 12.9. The number of rotatable bonds is 5. The second-order valence-electron chi connectivity index (χ2n) is 8.04. The summed E-state index contributed by atoms with van der Waals surface area (Å²) in [4.78, 5) is 12.9. The summed E-state index contributed by atoms with van der Waals surface area (Å²) in [6.07, 6.45) is 0. The summed E-state index contributed by atoms with van der Waals surface area (Å²) in [5.41, 5.74) is 9.24. The lowest BCUT2D eigenvalue weighted by Crippen LogP contribution is -2.21. The molecule has 1 aliphatic heterocycles. The minimum atomic E-state index is -0.617. The van der Waals surface area contributed by atoms with Gasteiger partial charge in [-0.15, -0.1) is 0 Å². The van der Waals surface area contributed by atoms with Crippen LogP contribution in [0.5, 0.6) is 17.2 Å². The van der Waals surface area contributed by atoms with Gasteiger partial charge in [-0.2, -0.15) is 5.26 Å².